The van der Waals surface area contributed by atoms with Crippen LogP contribution in [0.15, 0.2) is 53.6 Å². The van der Waals surface area contributed by atoms with E-state index in [1.807, 2.05) is 19.9 Å². The SMILES string of the molecule is CCN(CC)c1ccc(/C=N/NC(=O)c2cc(-c3ccc(F)cc3)n[nH]2)c(O)c1. The maximum Gasteiger partial charge on any atom is 0.289 e. The van der Waals surface area contributed by atoms with Crippen LogP contribution in [0.5, 0.6) is 5.75 Å². The zero-order chi connectivity index (χ0) is 20.8. The quantitative estimate of drug-likeness (QED) is 0.421. The number of aromatic amines is 1. The number of nitrogens with one attached hydrogen (secondary N) is 2. The van der Waals surface area contributed by atoms with Gasteiger partial charge in [-0.1, -0.05) is 0 Å². The molecular formula is C21H22FN5O2. The van der Waals surface area contributed by atoms with Gasteiger partial charge in [0.1, 0.15) is 17.3 Å². The largest absolute Gasteiger partial charge is 0.507 e. The first-order chi connectivity index (χ1) is 14.0. The Morgan fingerprint density at radius 3 is 2.59 bits per heavy atom. The van der Waals surface area contributed by atoms with Crippen molar-refractivity contribution in [1.82, 2.24) is 15.6 Å². The van der Waals surface area contributed by atoms with Crippen molar-refractivity contribution < 1.29 is 14.3 Å². The van der Waals surface area contributed by atoms with Crippen LogP contribution in [0.1, 0.15) is 29.9 Å². The summed E-state index contributed by atoms with van der Waals surface area (Å²) in [7, 11) is 0. The number of phenols is 1. The normalized spacial score (nSPS) is 11.0. The summed E-state index contributed by atoms with van der Waals surface area (Å²) in [5, 5.41) is 20.8. The van der Waals surface area contributed by atoms with Crippen LogP contribution in [0, 0.1) is 5.82 Å². The maximum atomic E-state index is 13.0. The smallest absolute Gasteiger partial charge is 0.289 e. The van der Waals surface area contributed by atoms with Crippen molar-refractivity contribution in [3.63, 3.8) is 0 Å². The summed E-state index contributed by atoms with van der Waals surface area (Å²) >= 11 is 0. The molecule has 0 aliphatic heterocycles. The number of amides is 1. The average Bonchev–Trinajstić information content (AvgIpc) is 3.21. The lowest BCUT2D eigenvalue weighted by molar-refractivity contribution is 0.0950. The summed E-state index contributed by atoms with van der Waals surface area (Å²) in [6.45, 7) is 5.76. The second kappa shape index (κ2) is 9.01. The number of hydrogen-bond acceptors (Lipinski definition) is 5. The zero-order valence-electron chi connectivity index (χ0n) is 16.2. The number of phenolic OH excluding ortho intramolecular Hbond substituents is 1. The predicted octanol–water partition coefficient (Wildman–Crippen LogP) is 3.53. The lowest BCUT2D eigenvalue weighted by Gasteiger charge is -2.21. The molecule has 1 heterocycles. The van der Waals surface area contributed by atoms with Crippen LogP contribution in [-0.4, -0.2) is 40.5 Å². The van der Waals surface area contributed by atoms with Crippen LogP contribution >= 0.6 is 0 Å². The second-order valence-electron chi connectivity index (χ2n) is 6.29. The molecule has 7 nitrogen and oxygen atoms in total. The minimum atomic E-state index is -0.485. The molecule has 0 spiro atoms. The van der Waals surface area contributed by atoms with Gasteiger partial charge in [-0.3, -0.25) is 9.89 Å². The van der Waals surface area contributed by atoms with E-state index in [1.165, 1.54) is 18.3 Å². The van der Waals surface area contributed by atoms with E-state index in [1.54, 1.807) is 30.3 Å². The minimum absolute atomic E-state index is 0.0764. The number of nitrogens with zero attached hydrogens (tertiary/aromatic N) is 3. The van der Waals surface area contributed by atoms with Crippen molar-refractivity contribution >= 4 is 17.8 Å². The third-order valence-electron chi connectivity index (χ3n) is 4.47. The number of hydrogen-bond donors (Lipinski definition) is 3. The first-order valence-corrected chi connectivity index (χ1v) is 9.24. The van der Waals surface area contributed by atoms with E-state index in [2.05, 4.69) is 25.6 Å². The standard InChI is InChI=1S/C21H22FN5O2/c1-3-27(4-2)17-10-7-15(20(28)11-17)13-23-26-21(29)19-12-18(24-25-19)14-5-8-16(22)9-6-14/h5-13,28H,3-4H2,1-2H3,(H,24,25)(H,26,29)/b23-13+. The van der Waals surface area contributed by atoms with Gasteiger partial charge in [0.05, 0.1) is 11.9 Å². The van der Waals surface area contributed by atoms with Crippen molar-refractivity contribution in [2.75, 3.05) is 18.0 Å². The van der Waals surface area contributed by atoms with Gasteiger partial charge in [-0.05, 0) is 56.3 Å². The molecule has 0 radical (unpaired) electrons. The molecule has 0 aliphatic rings. The Morgan fingerprint density at radius 1 is 1.21 bits per heavy atom. The molecule has 0 unspecified atom stereocenters. The molecule has 0 saturated heterocycles. The average molecular weight is 395 g/mol. The molecule has 29 heavy (non-hydrogen) atoms. The number of rotatable bonds is 7. The fourth-order valence-electron chi connectivity index (χ4n) is 2.85. The van der Waals surface area contributed by atoms with Gasteiger partial charge >= 0.3 is 0 Å². The second-order valence-corrected chi connectivity index (χ2v) is 6.29. The first kappa shape index (κ1) is 20.1. The molecule has 150 valence electrons. The Bertz CT molecular complexity index is 1010. The number of hydrazone groups is 1. The van der Waals surface area contributed by atoms with Gasteiger partial charge in [0.25, 0.3) is 5.91 Å². The van der Waals surface area contributed by atoms with Gasteiger partial charge in [-0.25, -0.2) is 9.82 Å². The van der Waals surface area contributed by atoms with Crippen LogP contribution in [-0.2, 0) is 0 Å². The molecule has 0 fully saturated rings. The Labute approximate surface area is 167 Å². The van der Waals surface area contributed by atoms with Crippen molar-refractivity contribution in [2.24, 2.45) is 5.10 Å². The number of carbonyl (C=O) groups excluding carboxylic acids is 1. The van der Waals surface area contributed by atoms with E-state index in [4.69, 9.17) is 0 Å². The highest BCUT2D eigenvalue weighted by Gasteiger charge is 2.11. The number of anilines is 1. The summed E-state index contributed by atoms with van der Waals surface area (Å²) < 4.78 is 13.0. The molecule has 0 aliphatic carbocycles. The zero-order valence-corrected chi connectivity index (χ0v) is 16.2. The van der Waals surface area contributed by atoms with Crippen molar-refractivity contribution in [3.8, 4) is 17.0 Å². The van der Waals surface area contributed by atoms with Crippen LogP contribution in [0.3, 0.4) is 0 Å². The van der Waals surface area contributed by atoms with E-state index in [9.17, 15) is 14.3 Å². The van der Waals surface area contributed by atoms with Crippen LogP contribution < -0.4 is 10.3 Å². The highest BCUT2D eigenvalue weighted by molar-refractivity contribution is 5.94. The molecule has 3 rings (SSSR count). The van der Waals surface area contributed by atoms with Gasteiger partial charge in [-0.2, -0.15) is 10.2 Å². The van der Waals surface area contributed by atoms with E-state index in [0.717, 1.165) is 18.8 Å². The molecule has 0 bridgehead atoms. The number of aromatic hydroxyl groups is 1. The fraction of sp³-hybridized carbons (Fsp3) is 0.190. The highest BCUT2D eigenvalue weighted by Crippen LogP contribution is 2.23. The molecule has 2 aromatic carbocycles. The molecular weight excluding hydrogens is 373 g/mol. The molecule has 3 N–H and O–H groups in total. The molecule has 8 heteroatoms. The Morgan fingerprint density at radius 2 is 1.93 bits per heavy atom. The summed E-state index contributed by atoms with van der Waals surface area (Å²) in [4.78, 5) is 14.3. The molecule has 1 amide bonds. The number of carbonyl (C=O) groups is 1. The molecule has 0 atom stereocenters. The molecule has 1 aromatic heterocycles. The van der Waals surface area contributed by atoms with Crippen molar-refractivity contribution in [1.29, 1.82) is 0 Å². The van der Waals surface area contributed by atoms with Crippen LogP contribution in [0.4, 0.5) is 10.1 Å². The summed E-state index contributed by atoms with van der Waals surface area (Å²) in [6, 6.07) is 12.7. The van der Waals surface area contributed by atoms with Gasteiger partial charge in [0.15, 0.2) is 0 Å². The van der Waals surface area contributed by atoms with Crippen LogP contribution in [0.25, 0.3) is 11.3 Å². The maximum absolute atomic E-state index is 13.0. The number of benzene rings is 2. The topological polar surface area (TPSA) is 93.6 Å². The van der Waals surface area contributed by atoms with Crippen LogP contribution in [0.2, 0.25) is 0 Å². The number of H-pyrrole nitrogens is 1. The Kier molecular flexibility index (Phi) is 6.23. The Hall–Kier alpha value is -3.68. The lowest BCUT2D eigenvalue weighted by Crippen LogP contribution is -2.21. The Balaban J connectivity index is 1.65. The summed E-state index contributed by atoms with van der Waals surface area (Å²) in [6.07, 6.45) is 1.37. The van der Waals surface area contributed by atoms with E-state index in [0.29, 0.717) is 16.8 Å². The summed E-state index contributed by atoms with van der Waals surface area (Å²) in [5.74, 6) is -0.751. The third kappa shape index (κ3) is 4.78. The molecule has 3 aromatic rings. The predicted molar refractivity (Wildman–Crippen MR) is 111 cm³/mol. The highest BCUT2D eigenvalue weighted by atomic mass is 19.1. The third-order valence-corrected chi connectivity index (χ3v) is 4.47. The van der Waals surface area contributed by atoms with E-state index in [-0.39, 0.29) is 17.3 Å². The van der Waals surface area contributed by atoms with E-state index < -0.39 is 5.91 Å². The summed E-state index contributed by atoms with van der Waals surface area (Å²) in [5.41, 5.74) is 5.20. The first-order valence-electron chi connectivity index (χ1n) is 9.24. The monoisotopic (exact) mass is 395 g/mol. The number of halogens is 1. The van der Waals surface area contributed by atoms with Gasteiger partial charge < -0.3 is 10.0 Å². The minimum Gasteiger partial charge on any atom is -0.507 e. The van der Waals surface area contributed by atoms with E-state index >= 15 is 0 Å². The number of aromatic nitrogens is 2. The van der Waals surface area contributed by atoms with Gasteiger partial charge in [-0.15, -0.1) is 0 Å². The van der Waals surface area contributed by atoms with Crippen molar-refractivity contribution in [3.05, 3.63) is 65.6 Å². The molecule has 0 saturated carbocycles. The van der Waals surface area contributed by atoms with Crippen molar-refractivity contribution in [2.45, 2.75) is 13.8 Å². The fourth-order valence-corrected chi connectivity index (χ4v) is 2.85. The lowest BCUT2D eigenvalue weighted by atomic mass is 10.1. The van der Waals surface area contributed by atoms with Gasteiger partial charge in [0.2, 0.25) is 0 Å². The van der Waals surface area contributed by atoms with Gasteiger partial charge in [0, 0.05) is 36.0 Å².